The molecular weight excluding hydrogens is 284 g/mol. The molecular formula is C19H26N4. The van der Waals surface area contributed by atoms with Crippen molar-refractivity contribution in [2.75, 3.05) is 13.6 Å². The fraction of sp³-hybridized carbons (Fsp3) is 0.368. The number of aryl methyl sites for hydroxylation is 1. The summed E-state index contributed by atoms with van der Waals surface area (Å²) in [6.07, 6.45) is 1.80. The second kappa shape index (κ2) is 7.77. The summed E-state index contributed by atoms with van der Waals surface area (Å²) in [6.45, 7) is 8.06. The zero-order valence-corrected chi connectivity index (χ0v) is 14.4. The van der Waals surface area contributed by atoms with Crippen molar-refractivity contribution in [3.8, 4) is 0 Å². The normalized spacial score (nSPS) is 12.1. The fourth-order valence-corrected chi connectivity index (χ4v) is 2.37. The zero-order valence-electron chi connectivity index (χ0n) is 14.4. The van der Waals surface area contributed by atoms with Gasteiger partial charge in [-0.15, -0.1) is 0 Å². The summed E-state index contributed by atoms with van der Waals surface area (Å²) in [5.74, 6) is 0.788. The number of hydrogen-bond donors (Lipinski definition) is 2. The Morgan fingerprint density at radius 3 is 2.61 bits per heavy atom. The first-order valence-electron chi connectivity index (χ1n) is 7.93. The van der Waals surface area contributed by atoms with Crippen LogP contribution in [0.15, 0.2) is 53.7 Å². The van der Waals surface area contributed by atoms with Gasteiger partial charge in [-0.25, -0.2) is 0 Å². The van der Waals surface area contributed by atoms with E-state index in [2.05, 4.69) is 65.6 Å². The van der Waals surface area contributed by atoms with Crippen LogP contribution in [-0.4, -0.2) is 24.5 Å². The molecule has 0 unspecified atom stereocenters. The van der Waals surface area contributed by atoms with Crippen molar-refractivity contribution in [2.45, 2.75) is 32.7 Å². The molecule has 0 aliphatic heterocycles. The maximum Gasteiger partial charge on any atom is 0.191 e. The molecule has 0 saturated heterocycles. The quantitative estimate of drug-likeness (QED) is 0.659. The Kier molecular flexibility index (Phi) is 5.74. The van der Waals surface area contributed by atoms with E-state index in [1.807, 2.05) is 18.2 Å². The molecule has 23 heavy (non-hydrogen) atoms. The van der Waals surface area contributed by atoms with Crippen LogP contribution < -0.4 is 10.6 Å². The number of aliphatic imine (C=N–C) groups is 1. The molecule has 0 saturated carbocycles. The first-order valence-corrected chi connectivity index (χ1v) is 7.93. The molecule has 0 radical (unpaired) electrons. The summed E-state index contributed by atoms with van der Waals surface area (Å²) in [6, 6.07) is 14.6. The molecule has 0 aliphatic carbocycles. The number of hydrogen-bond acceptors (Lipinski definition) is 2. The van der Waals surface area contributed by atoms with E-state index >= 15 is 0 Å². The number of nitrogens with zero attached hydrogens (tertiary/aromatic N) is 2. The summed E-state index contributed by atoms with van der Waals surface area (Å²) in [5.41, 5.74) is 3.63. The van der Waals surface area contributed by atoms with E-state index < -0.39 is 0 Å². The molecule has 0 spiro atoms. The van der Waals surface area contributed by atoms with E-state index in [9.17, 15) is 0 Å². The molecule has 122 valence electrons. The van der Waals surface area contributed by atoms with Gasteiger partial charge in [0.05, 0.1) is 12.2 Å². The molecule has 1 aromatic heterocycles. The summed E-state index contributed by atoms with van der Waals surface area (Å²) in [7, 11) is 1.79. The van der Waals surface area contributed by atoms with Gasteiger partial charge in [0.2, 0.25) is 0 Å². The highest BCUT2D eigenvalue weighted by molar-refractivity contribution is 5.79. The molecule has 0 fully saturated rings. The van der Waals surface area contributed by atoms with Crippen LogP contribution in [0.1, 0.15) is 30.7 Å². The molecule has 1 aromatic carbocycles. The van der Waals surface area contributed by atoms with E-state index in [1.165, 1.54) is 11.1 Å². The fourth-order valence-electron chi connectivity index (χ4n) is 2.37. The van der Waals surface area contributed by atoms with Gasteiger partial charge in [0.25, 0.3) is 0 Å². The number of pyridine rings is 1. The van der Waals surface area contributed by atoms with Crippen LogP contribution in [0.4, 0.5) is 0 Å². The molecule has 2 aromatic rings. The van der Waals surface area contributed by atoms with Gasteiger partial charge < -0.3 is 10.6 Å². The highest BCUT2D eigenvalue weighted by Crippen LogP contribution is 2.22. The predicted molar refractivity (Wildman–Crippen MR) is 96.6 cm³/mol. The second-order valence-corrected chi connectivity index (χ2v) is 6.35. The zero-order chi connectivity index (χ0) is 16.7. The van der Waals surface area contributed by atoms with Crippen molar-refractivity contribution >= 4 is 5.96 Å². The predicted octanol–water partition coefficient (Wildman–Crippen LogP) is 3.03. The van der Waals surface area contributed by atoms with Crippen molar-refractivity contribution in [1.82, 2.24) is 15.6 Å². The molecule has 0 amide bonds. The van der Waals surface area contributed by atoms with Gasteiger partial charge in [0, 0.05) is 25.2 Å². The number of benzene rings is 1. The van der Waals surface area contributed by atoms with E-state index in [1.54, 1.807) is 13.2 Å². The lowest BCUT2D eigenvalue weighted by Crippen LogP contribution is -2.43. The largest absolute Gasteiger partial charge is 0.356 e. The van der Waals surface area contributed by atoms with Crippen LogP contribution in [0.25, 0.3) is 0 Å². The van der Waals surface area contributed by atoms with E-state index in [-0.39, 0.29) is 5.41 Å². The smallest absolute Gasteiger partial charge is 0.191 e. The third-order valence-corrected chi connectivity index (χ3v) is 3.88. The van der Waals surface area contributed by atoms with Gasteiger partial charge in [-0.2, -0.15) is 0 Å². The topological polar surface area (TPSA) is 49.3 Å². The number of nitrogens with one attached hydrogen (secondary N) is 2. The summed E-state index contributed by atoms with van der Waals surface area (Å²) >= 11 is 0. The maximum absolute atomic E-state index is 4.31. The Morgan fingerprint density at radius 2 is 1.96 bits per heavy atom. The van der Waals surface area contributed by atoms with Crippen molar-refractivity contribution in [3.05, 3.63) is 65.5 Å². The second-order valence-electron chi connectivity index (χ2n) is 6.35. The molecule has 2 rings (SSSR count). The van der Waals surface area contributed by atoms with E-state index in [0.717, 1.165) is 18.2 Å². The van der Waals surface area contributed by atoms with Crippen LogP contribution in [0, 0.1) is 6.92 Å². The van der Waals surface area contributed by atoms with Gasteiger partial charge in [0.1, 0.15) is 0 Å². The van der Waals surface area contributed by atoms with Gasteiger partial charge in [-0.05, 0) is 24.6 Å². The van der Waals surface area contributed by atoms with Crippen molar-refractivity contribution in [3.63, 3.8) is 0 Å². The average Bonchev–Trinajstić information content (AvgIpc) is 2.56. The van der Waals surface area contributed by atoms with Gasteiger partial charge in [-0.1, -0.05) is 49.7 Å². The Balaban J connectivity index is 1.92. The first kappa shape index (κ1) is 17.0. The molecule has 4 nitrogen and oxygen atoms in total. The maximum atomic E-state index is 4.31. The Morgan fingerprint density at radius 1 is 1.13 bits per heavy atom. The molecule has 0 aliphatic rings. The van der Waals surface area contributed by atoms with E-state index in [4.69, 9.17) is 0 Å². The van der Waals surface area contributed by atoms with Crippen LogP contribution in [0.2, 0.25) is 0 Å². The molecule has 0 atom stereocenters. The minimum absolute atomic E-state index is 0.0225. The van der Waals surface area contributed by atoms with Crippen LogP contribution in [-0.2, 0) is 12.0 Å². The van der Waals surface area contributed by atoms with Crippen molar-refractivity contribution in [2.24, 2.45) is 4.99 Å². The first-order chi connectivity index (χ1) is 11.0. The number of aromatic nitrogens is 1. The van der Waals surface area contributed by atoms with Gasteiger partial charge in [-0.3, -0.25) is 9.98 Å². The van der Waals surface area contributed by atoms with Crippen LogP contribution >= 0.6 is 0 Å². The lowest BCUT2D eigenvalue weighted by Gasteiger charge is -2.27. The third-order valence-electron chi connectivity index (χ3n) is 3.88. The van der Waals surface area contributed by atoms with Crippen LogP contribution in [0.3, 0.4) is 0 Å². The number of rotatable bonds is 5. The molecule has 4 heteroatoms. The summed E-state index contributed by atoms with van der Waals surface area (Å²) in [5, 5.41) is 6.71. The molecule has 2 N–H and O–H groups in total. The monoisotopic (exact) mass is 310 g/mol. The molecule has 1 heterocycles. The van der Waals surface area contributed by atoms with Crippen molar-refractivity contribution < 1.29 is 0 Å². The van der Waals surface area contributed by atoms with Crippen molar-refractivity contribution in [1.29, 1.82) is 0 Å². The number of guanidine groups is 1. The Labute approximate surface area is 139 Å². The Bertz CT molecular complexity index is 647. The van der Waals surface area contributed by atoms with Gasteiger partial charge >= 0.3 is 0 Å². The minimum Gasteiger partial charge on any atom is -0.356 e. The highest BCUT2D eigenvalue weighted by Gasteiger charge is 2.20. The minimum atomic E-state index is 0.0225. The average molecular weight is 310 g/mol. The Hall–Kier alpha value is -2.36. The summed E-state index contributed by atoms with van der Waals surface area (Å²) < 4.78 is 0. The lowest BCUT2D eigenvalue weighted by atomic mass is 9.84. The summed E-state index contributed by atoms with van der Waals surface area (Å²) in [4.78, 5) is 8.59. The SMILES string of the molecule is CN=C(NCc1ccccn1)NCC(C)(C)c1cccc(C)c1. The van der Waals surface area contributed by atoms with E-state index in [0.29, 0.717) is 6.54 Å². The van der Waals surface area contributed by atoms with Gasteiger partial charge in [0.15, 0.2) is 5.96 Å². The third kappa shape index (κ3) is 5.09. The lowest BCUT2D eigenvalue weighted by molar-refractivity contribution is 0.508. The van der Waals surface area contributed by atoms with Crippen LogP contribution in [0.5, 0.6) is 0 Å². The highest BCUT2D eigenvalue weighted by atomic mass is 15.2. The molecule has 0 bridgehead atoms. The standard InChI is InChI=1S/C19H26N4/c1-15-8-7-9-16(12-15)19(2,3)14-23-18(20-4)22-13-17-10-5-6-11-21-17/h5-12H,13-14H2,1-4H3,(H2,20,22,23).